The molecule has 3 rings (SSSR count). The molecule has 0 bridgehead atoms. The summed E-state index contributed by atoms with van der Waals surface area (Å²) in [5.41, 5.74) is 1.63. The van der Waals surface area contributed by atoms with E-state index >= 15 is 0 Å². The Kier molecular flexibility index (Phi) is 9.57. The molecule has 35 heavy (non-hydrogen) atoms. The molecular weight excluding hydrogens is 454 g/mol. The van der Waals surface area contributed by atoms with Gasteiger partial charge in [-0.3, -0.25) is 4.79 Å². The van der Waals surface area contributed by atoms with Crippen LogP contribution in [0.3, 0.4) is 0 Å². The van der Waals surface area contributed by atoms with E-state index in [2.05, 4.69) is 10.6 Å². The van der Waals surface area contributed by atoms with Crippen LogP contribution in [0, 0.1) is 11.6 Å². The fourth-order valence-corrected chi connectivity index (χ4v) is 3.70. The summed E-state index contributed by atoms with van der Waals surface area (Å²) in [6.07, 6.45) is -1.00. The number of rotatable bonds is 12. The molecule has 0 aliphatic carbocycles. The Morgan fingerprint density at radius 1 is 0.971 bits per heavy atom. The Bertz CT molecular complexity index is 1110. The van der Waals surface area contributed by atoms with Crippen LogP contribution in [0.1, 0.15) is 28.4 Å². The maximum Gasteiger partial charge on any atom is 0.251 e. The maximum atomic E-state index is 13.7. The number of nitrogens with one attached hydrogen (secondary N) is 2. The molecule has 3 N–H and O–H groups in total. The molecule has 0 aliphatic rings. The summed E-state index contributed by atoms with van der Waals surface area (Å²) in [4.78, 5) is 12.9. The second-order valence-corrected chi connectivity index (χ2v) is 8.07. The number of hydrogen-bond acceptors (Lipinski definition) is 5. The summed E-state index contributed by atoms with van der Waals surface area (Å²) >= 11 is 0. The zero-order valence-electron chi connectivity index (χ0n) is 19.8. The third-order valence-corrected chi connectivity index (χ3v) is 5.38. The minimum absolute atomic E-state index is 0.0353. The van der Waals surface area contributed by atoms with E-state index in [-0.39, 0.29) is 13.0 Å². The van der Waals surface area contributed by atoms with Crippen molar-refractivity contribution >= 4 is 5.91 Å². The molecule has 0 unspecified atom stereocenters. The highest BCUT2D eigenvalue weighted by Crippen LogP contribution is 2.16. The summed E-state index contributed by atoms with van der Waals surface area (Å²) in [5.74, 6) is -0.609. The van der Waals surface area contributed by atoms with Crippen LogP contribution < -0.4 is 20.1 Å². The van der Waals surface area contributed by atoms with Crippen molar-refractivity contribution in [2.45, 2.75) is 32.0 Å². The van der Waals surface area contributed by atoms with Gasteiger partial charge in [-0.2, -0.15) is 0 Å². The van der Waals surface area contributed by atoms with Crippen molar-refractivity contribution in [3.05, 3.63) is 95.1 Å². The number of methoxy groups -OCH3 is 1. The van der Waals surface area contributed by atoms with E-state index in [0.717, 1.165) is 17.4 Å². The highest BCUT2D eigenvalue weighted by Gasteiger charge is 2.23. The van der Waals surface area contributed by atoms with Gasteiger partial charge >= 0.3 is 0 Å². The number of carbonyl (C=O) groups excluding carboxylic acids is 1. The van der Waals surface area contributed by atoms with Crippen LogP contribution in [-0.4, -0.2) is 43.4 Å². The average Bonchev–Trinajstić information content (AvgIpc) is 2.83. The Balaban J connectivity index is 1.72. The van der Waals surface area contributed by atoms with Crippen LogP contribution in [0.2, 0.25) is 0 Å². The summed E-state index contributed by atoms with van der Waals surface area (Å²) < 4.78 is 38.2. The van der Waals surface area contributed by atoms with Crippen LogP contribution in [-0.2, 0) is 13.0 Å². The lowest BCUT2D eigenvalue weighted by atomic mass is 10.00. The van der Waals surface area contributed by atoms with Crippen molar-refractivity contribution in [3.63, 3.8) is 0 Å². The van der Waals surface area contributed by atoms with E-state index in [1.807, 2.05) is 31.2 Å². The molecule has 3 aromatic carbocycles. The van der Waals surface area contributed by atoms with Gasteiger partial charge in [0.05, 0.1) is 25.9 Å². The third kappa shape index (κ3) is 8.05. The van der Waals surface area contributed by atoms with Crippen molar-refractivity contribution < 1.29 is 28.2 Å². The molecule has 3 aromatic rings. The van der Waals surface area contributed by atoms with Gasteiger partial charge in [-0.1, -0.05) is 18.2 Å². The minimum atomic E-state index is -1.04. The van der Waals surface area contributed by atoms with E-state index in [0.29, 0.717) is 30.0 Å². The number of hydrogen-bond donors (Lipinski definition) is 3. The number of benzene rings is 3. The Morgan fingerprint density at radius 2 is 1.69 bits per heavy atom. The molecule has 6 nitrogen and oxygen atoms in total. The fraction of sp³-hybridized carbons (Fsp3) is 0.296. The van der Waals surface area contributed by atoms with Gasteiger partial charge in [-0.05, 0) is 66.9 Å². The Morgan fingerprint density at radius 3 is 2.40 bits per heavy atom. The number of aliphatic hydroxyl groups excluding tert-OH is 1. The summed E-state index contributed by atoms with van der Waals surface area (Å²) in [6.45, 7) is 2.89. The summed E-state index contributed by atoms with van der Waals surface area (Å²) in [5, 5.41) is 16.9. The van der Waals surface area contributed by atoms with Crippen molar-refractivity contribution in [2.75, 3.05) is 20.3 Å². The van der Waals surface area contributed by atoms with Gasteiger partial charge in [0.1, 0.15) is 23.1 Å². The molecule has 2 atom stereocenters. The van der Waals surface area contributed by atoms with Crippen LogP contribution >= 0.6 is 0 Å². The zero-order valence-corrected chi connectivity index (χ0v) is 19.8. The monoisotopic (exact) mass is 484 g/mol. The van der Waals surface area contributed by atoms with Crippen molar-refractivity contribution in [2.24, 2.45) is 0 Å². The zero-order chi connectivity index (χ0) is 25.2. The lowest BCUT2D eigenvalue weighted by Crippen LogP contribution is -2.48. The van der Waals surface area contributed by atoms with Crippen molar-refractivity contribution in [1.82, 2.24) is 10.6 Å². The average molecular weight is 485 g/mol. The summed E-state index contributed by atoms with van der Waals surface area (Å²) in [7, 11) is 1.59. The van der Waals surface area contributed by atoms with Crippen LogP contribution in [0.5, 0.6) is 11.5 Å². The van der Waals surface area contributed by atoms with Crippen LogP contribution in [0.25, 0.3) is 0 Å². The van der Waals surface area contributed by atoms with Gasteiger partial charge in [0, 0.05) is 24.7 Å². The second-order valence-electron chi connectivity index (χ2n) is 8.07. The van der Waals surface area contributed by atoms with Gasteiger partial charge in [0.2, 0.25) is 0 Å². The number of amides is 1. The maximum absolute atomic E-state index is 13.7. The predicted molar refractivity (Wildman–Crippen MR) is 130 cm³/mol. The lowest BCUT2D eigenvalue weighted by Gasteiger charge is -2.25. The van der Waals surface area contributed by atoms with Crippen molar-refractivity contribution in [3.8, 4) is 11.5 Å². The first-order valence-corrected chi connectivity index (χ1v) is 11.4. The smallest absolute Gasteiger partial charge is 0.251 e. The van der Waals surface area contributed by atoms with Crippen LogP contribution in [0.4, 0.5) is 8.78 Å². The molecule has 186 valence electrons. The molecule has 0 saturated carbocycles. The highest BCUT2D eigenvalue weighted by molar-refractivity contribution is 5.94. The molecular formula is C27H30F2N2O4. The van der Waals surface area contributed by atoms with E-state index in [9.17, 15) is 18.7 Å². The van der Waals surface area contributed by atoms with E-state index in [1.165, 1.54) is 12.1 Å². The number of carbonyl (C=O) groups is 1. The predicted octanol–water partition coefficient (Wildman–Crippen LogP) is 3.86. The molecule has 8 heteroatoms. The summed E-state index contributed by atoms with van der Waals surface area (Å²) in [6, 6.07) is 16.5. The molecule has 0 fully saturated rings. The standard InChI is InChI=1S/C27H30F2N2O4/c1-3-35-24-9-5-7-20(14-24)27(33)31-25(13-19-10-21(28)15-22(29)11-19)26(32)17-30-16-18-6-4-8-23(12-18)34-2/h4-12,14-15,25-26,30,32H,3,13,16-17H2,1-2H3,(H,31,33)/t25-,26-/m0/s1. The molecule has 0 saturated heterocycles. The first-order chi connectivity index (χ1) is 16.9. The molecule has 0 aliphatic heterocycles. The second kappa shape index (κ2) is 12.8. The van der Waals surface area contributed by atoms with Gasteiger partial charge < -0.3 is 25.2 Å². The Labute approximate surface area is 203 Å². The number of aliphatic hydroxyl groups is 1. The fourth-order valence-electron chi connectivity index (χ4n) is 3.70. The Hall–Kier alpha value is -3.49. The van der Waals surface area contributed by atoms with Gasteiger partial charge in [-0.15, -0.1) is 0 Å². The topological polar surface area (TPSA) is 79.8 Å². The number of ether oxygens (including phenoxy) is 2. The first kappa shape index (κ1) is 26.1. The normalized spacial score (nSPS) is 12.6. The van der Waals surface area contributed by atoms with Gasteiger partial charge in [0.15, 0.2) is 0 Å². The quantitative estimate of drug-likeness (QED) is 0.364. The van der Waals surface area contributed by atoms with E-state index < -0.39 is 29.7 Å². The molecule has 0 aromatic heterocycles. The van der Waals surface area contributed by atoms with Gasteiger partial charge in [-0.25, -0.2) is 8.78 Å². The SMILES string of the molecule is CCOc1cccc(C(=O)N[C@@H](Cc2cc(F)cc(F)c2)[C@@H](O)CNCc2cccc(OC)c2)c1. The molecule has 1 amide bonds. The van der Waals surface area contributed by atoms with E-state index in [1.54, 1.807) is 31.4 Å². The van der Waals surface area contributed by atoms with E-state index in [4.69, 9.17) is 9.47 Å². The first-order valence-electron chi connectivity index (χ1n) is 11.4. The highest BCUT2D eigenvalue weighted by atomic mass is 19.1. The number of halogens is 2. The third-order valence-electron chi connectivity index (χ3n) is 5.38. The largest absolute Gasteiger partial charge is 0.497 e. The van der Waals surface area contributed by atoms with Gasteiger partial charge in [0.25, 0.3) is 5.91 Å². The minimum Gasteiger partial charge on any atom is -0.497 e. The molecule has 0 heterocycles. The lowest BCUT2D eigenvalue weighted by molar-refractivity contribution is 0.0829. The van der Waals surface area contributed by atoms with Crippen LogP contribution in [0.15, 0.2) is 66.7 Å². The molecule has 0 radical (unpaired) electrons. The van der Waals surface area contributed by atoms with Crippen molar-refractivity contribution in [1.29, 1.82) is 0 Å². The molecule has 0 spiro atoms.